The standard InChI is InChI=1S/C48H78O2/c1-9-10-11-12-13-14-15-16-17-18-19-20-21-22-23-24-44(49)50-42-30-32-47-35-48(47)34-33-45(7)40(38(5)26-25-37(4)36(2)3)29-31-46(45,8)43(48)28-27-41(47)39(42)6/h10-11,13-14,16-17,37-43H,2,9,12,15,18-35H2,1,3-8H3. The van der Waals surface area contributed by atoms with Crippen LogP contribution in [0.15, 0.2) is 48.6 Å². The van der Waals surface area contributed by atoms with Crippen LogP contribution in [0.4, 0.5) is 0 Å². The number of esters is 1. The van der Waals surface area contributed by atoms with Gasteiger partial charge in [-0.15, -0.1) is 0 Å². The third kappa shape index (κ3) is 7.86. The van der Waals surface area contributed by atoms with Crippen LogP contribution in [0.3, 0.4) is 0 Å². The molecule has 11 unspecified atom stereocenters. The lowest BCUT2D eigenvalue weighted by Crippen LogP contribution is -2.56. The second-order valence-corrected chi connectivity index (χ2v) is 19.0. The van der Waals surface area contributed by atoms with E-state index in [2.05, 4.69) is 91.5 Å². The normalized spacial score (nSPS) is 38.8. The fraction of sp³-hybridized carbons (Fsp3) is 0.812. The highest BCUT2D eigenvalue weighted by Gasteiger charge is 2.81. The third-order valence-electron chi connectivity index (χ3n) is 16.6. The summed E-state index contributed by atoms with van der Waals surface area (Å²) in [6, 6.07) is 0. The van der Waals surface area contributed by atoms with Crippen molar-refractivity contribution in [3.05, 3.63) is 48.6 Å². The molecule has 282 valence electrons. The molecular formula is C48H78O2. The van der Waals surface area contributed by atoms with Crippen molar-refractivity contribution in [3.8, 4) is 0 Å². The van der Waals surface area contributed by atoms with Gasteiger partial charge in [0.05, 0.1) is 0 Å². The van der Waals surface area contributed by atoms with E-state index in [1.165, 1.54) is 95.5 Å². The fourth-order valence-corrected chi connectivity index (χ4v) is 13.2. The van der Waals surface area contributed by atoms with Gasteiger partial charge in [0, 0.05) is 6.42 Å². The molecule has 50 heavy (non-hydrogen) atoms. The van der Waals surface area contributed by atoms with Gasteiger partial charge in [-0.05, 0) is 173 Å². The highest BCUT2D eigenvalue weighted by atomic mass is 16.5. The molecule has 2 heteroatoms. The highest BCUT2D eigenvalue weighted by molar-refractivity contribution is 5.69. The van der Waals surface area contributed by atoms with Crippen molar-refractivity contribution < 1.29 is 9.53 Å². The molecule has 0 aliphatic heterocycles. The van der Waals surface area contributed by atoms with Crippen molar-refractivity contribution in [1.82, 2.24) is 0 Å². The van der Waals surface area contributed by atoms with Crippen LogP contribution in [0.2, 0.25) is 0 Å². The van der Waals surface area contributed by atoms with Crippen LogP contribution in [-0.4, -0.2) is 12.1 Å². The van der Waals surface area contributed by atoms with Crippen molar-refractivity contribution in [3.63, 3.8) is 0 Å². The molecule has 0 aromatic heterocycles. The Kier molecular flexibility index (Phi) is 13.5. The minimum absolute atomic E-state index is 0.0721. The maximum atomic E-state index is 13.0. The zero-order valence-corrected chi connectivity index (χ0v) is 33.9. The summed E-state index contributed by atoms with van der Waals surface area (Å²) in [5.74, 6) is 4.59. The first-order chi connectivity index (χ1) is 24.0. The first-order valence-corrected chi connectivity index (χ1v) is 21.8. The summed E-state index contributed by atoms with van der Waals surface area (Å²) in [7, 11) is 0. The number of allylic oxidation sites excluding steroid dienone is 7. The van der Waals surface area contributed by atoms with E-state index >= 15 is 0 Å². The first-order valence-electron chi connectivity index (χ1n) is 21.8. The van der Waals surface area contributed by atoms with Crippen LogP contribution >= 0.6 is 0 Å². The van der Waals surface area contributed by atoms with Gasteiger partial charge in [-0.1, -0.05) is 109 Å². The van der Waals surface area contributed by atoms with Gasteiger partial charge in [0.25, 0.3) is 0 Å². The summed E-state index contributed by atoms with van der Waals surface area (Å²) in [5.41, 5.74) is 3.46. The second-order valence-electron chi connectivity index (χ2n) is 19.0. The fourth-order valence-electron chi connectivity index (χ4n) is 13.2. The SMILES string of the molecule is C=C(C)C(C)CCC(C)C1CCC2(C)C3CCC4C(C)C(OC(=O)CCCCCCCC=CCC=CCC=CCC)CCC45CC35CCC12C. The summed E-state index contributed by atoms with van der Waals surface area (Å²) in [6.07, 6.45) is 39.7. The molecular weight excluding hydrogens is 609 g/mol. The van der Waals surface area contributed by atoms with E-state index in [-0.39, 0.29) is 12.1 Å². The Hall–Kier alpha value is -1.57. The molecule has 0 heterocycles. The molecule has 5 saturated carbocycles. The number of unbranched alkanes of at least 4 members (excludes halogenated alkanes) is 5. The molecule has 0 amide bonds. The molecule has 2 nitrogen and oxygen atoms in total. The van der Waals surface area contributed by atoms with Crippen LogP contribution in [0.5, 0.6) is 0 Å². The highest BCUT2D eigenvalue weighted by Crippen LogP contribution is 2.88. The van der Waals surface area contributed by atoms with E-state index < -0.39 is 0 Å². The maximum Gasteiger partial charge on any atom is 0.306 e. The number of carbonyl (C=O) groups excluding carboxylic acids is 1. The predicted molar refractivity (Wildman–Crippen MR) is 214 cm³/mol. The molecule has 0 radical (unpaired) electrons. The van der Waals surface area contributed by atoms with Crippen molar-refractivity contribution in [2.45, 2.75) is 189 Å². The van der Waals surface area contributed by atoms with E-state index in [4.69, 9.17) is 4.74 Å². The van der Waals surface area contributed by atoms with Gasteiger partial charge in [0.1, 0.15) is 6.10 Å². The topological polar surface area (TPSA) is 26.3 Å². The molecule has 5 rings (SSSR count). The van der Waals surface area contributed by atoms with Crippen LogP contribution < -0.4 is 0 Å². The van der Waals surface area contributed by atoms with Gasteiger partial charge in [-0.2, -0.15) is 0 Å². The number of hydrogen-bond acceptors (Lipinski definition) is 2. The quantitative estimate of drug-likeness (QED) is 0.0768. The van der Waals surface area contributed by atoms with Crippen molar-refractivity contribution in [2.75, 3.05) is 0 Å². The van der Waals surface area contributed by atoms with E-state index in [1.807, 2.05) is 0 Å². The molecule has 5 aliphatic rings. The minimum Gasteiger partial charge on any atom is -0.462 e. The zero-order chi connectivity index (χ0) is 36.0. The summed E-state index contributed by atoms with van der Waals surface area (Å²) < 4.78 is 6.31. The van der Waals surface area contributed by atoms with Gasteiger partial charge < -0.3 is 4.74 Å². The summed E-state index contributed by atoms with van der Waals surface area (Å²) in [4.78, 5) is 13.0. The number of fused-ring (bicyclic) bond motifs is 2. The summed E-state index contributed by atoms with van der Waals surface area (Å²) in [6.45, 7) is 21.6. The van der Waals surface area contributed by atoms with Crippen LogP contribution in [0.1, 0.15) is 183 Å². The monoisotopic (exact) mass is 687 g/mol. The Morgan fingerprint density at radius 2 is 1.50 bits per heavy atom. The number of hydrogen-bond donors (Lipinski definition) is 0. The molecule has 5 fully saturated rings. The van der Waals surface area contributed by atoms with E-state index in [1.54, 1.807) is 0 Å². The molecule has 5 aliphatic carbocycles. The number of rotatable bonds is 19. The Morgan fingerprint density at radius 3 is 2.24 bits per heavy atom. The lowest BCUT2D eigenvalue weighted by molar-refractivity contribution is -0.167. The van der Waals surface area contributed by atoms with Crippen LogP contribution in [0, 0.1) is 57.2 Å². The minimum atomic E-state index is 0.0721. The predicted octanol–water partition coefficient (Wildman–Crippen LogP) is 14.2. The first kappa shape index (κ1) is 39.6. The van der Waals surface area contributed by atoms with Gasteiger partial charge in [-0.25, -0.2) is 0 Å². The maximum absolute atomic E-state index is 13.0. The molecule has 0 bridgehead atoms. The average Bonchev–Trinajstić information content (AvgIpc) is 3.67. The smallest absolute Gasteiger partial charge is 0.306 e. The van der Waals surface area contributed by atoms with Gasteiger partial charge >= 0.3 is 5.97 Å². The van der Waals surface area contributed by atoms with Crippen molar-refractivity contribution >= 4 is 5.97 Å². The van der Waals surface area contributed by atoms with Gasteiger partial charge in [0.2, 0.25) is 0 Å². The second kappa shape index (κ2) is 17.1. The van der Waals surface area contributed by atoms with Gasteiger partial charge in [0.15, 0.2) is 0 Å². The van der Waals surface area contributed by atoms with Crippen molar-refractivity contribution in [2.24, 2.45) is 57.2 Å². The van der Waals surface area contributed by atoms with Crippen LogP contribution in [0.25, 0.3) is 0 Å². The summed E-state index contributed by atoms with van der Waals surface area (Å²) in [5, 5.41) is 0. The summed E-state index contributed by atoms with van der Waals surface area (Å²) >= 11 is 0. The Morgan fingerprint density at radius 1 is 0.800 bits per heavy atom. The average molecular weight is 687 g/mol. The molecule has 0 saturated heterocycles. The van der Waals surface area contributed by atoms with E-state index in [0.717, 1.165) is 62.2 Å². The third-order valence-corrected chi connectivity index (χ3v) is 16.6. The largest absolute Gasteiger partial charge is 0.462 e. The Labute approximate surface area is 309 Å². The lowest BCUT2D eigenvalue weighted by atomic mass is 9.43. The Bertz CT molecular complexity index is 1220. The zero-order valence-electron chi connectivity index (χ0n) is 33.9. The lowest BCUT2D eigenvalue weighted by Gasteiger charge is -2.62. The van der Waals surface area contributed by atoms with Crippen molar-refractivity contribution in [1.29, 1.82) is 0 Å². The molecule has 0 N–H and O–H groups in total. The van der Waals surface area contributed by atoms with E-state index in [0.29, 0.717) is 39.9 Å². The van der Waals surface area contributed by atoms with Gasteiger partial charge in [-0.3, -0.25) is 4.79 Å². The molecule has 11 atom stereocenters. The number of carbonyl (C=O) groups is 1. The van der Waals surface area contributed by atoms with E-state index in [9.17, 15) is 4.79 Å². The molecule has 0 aromatic rings. The van der Waals surface area contributed by atoms with Crippen LogP contribution in [-0.2, 0) is 9.53 Å². The molecule has 0 aromatic carbocycles. The Balaban J connectivity index is 1.03. The number of ether oxygens (including phenoxy) is 1. The molecule has 2 spiro atoms.